The molecule has 128 heavy (non-hydrogen) atoms. The molecule has 11 nitrogen and oxygen atoms in total. The van der Waals surface area contributed by atoms with E-state index >= 15 is 0 Å². The van der Waals surface area contributed by atoms with Crippen molar-refractivity contribution in [2.45, 2.75) is 131 Å². The van der Waals surface area contributed by atoms with Gasteiger partial charge in [0, 0.05) is 77.7 Å². The Labute approximate surface area is 756 Å². The summed E-state index contributed by atoms with van der Waals surface area (Å²) in [5.74, 6) is 5.66. The van der Waals surface area contributed by atoms with E-state index in [1.807, 2.05) is 206 Å². The maximum atomic E-state index is 4.91. The Morgan fingerprint density at radius 3 is 0.578 bits per heavy atom. The molecule has 0 spiro atoms. The van der Waals surface area contributed by atoms with Crippen molar-refractivity contribution < 1.29 is 0 Å². The average Bonchev–Trinajstić information content (AvgIpc) is 0.818. The van der Waals surface area contributed by atoms with Gasteiger partial charge >= 0.3 is 0 Å². The zero-order chi connectivity index (χ0) is 89.8. The van der Waals surface area contributed by atoms with E-state index in [9.17, 15) is 0 Å². The minimum atomic E-state index is -0.0179. The molecule has 18 aromatic rings. The lowest BCUT2D eigenvalue weighted by Gasteiger charge is -2.21. The molecule has 0 saturated heterocycles. The third-order valence-electron chi connectivity index (χ3n) is 21.7. The molecule has 0 atom stereocenters. The molecular formula is C117H111N11. The van der Waals surface area contributed by atoms with Crippen molar-refractivity contribution in [2.75, 3.05) is 0 Å². The third-order valence-corrected chi connectivity index (χ3v) is 21.7. The first-order valence-electron chi connectivity index (χ1n) is 43.8. The highest BCUT2D eigenvalue weighted by Crippen LogP contribution is 2.37. The zero-order valence-corrected chi connectivity index (χ0v) is 76.0. The molecule has 0 aliphatic rings. The minimum absolute atomic E-state index is 0.0179. The standard InChI is InChI=1S/C26H24N2.2C25H23N3.C21H21N.C20H20N2/c1-26(2,3)22-16-10-15-21(17-22)25-27-23(19-11-6-4-7-12-19)18-24(28-25)20-13-8-5-9-14-20;1-25(2,3)21-16-10-15-20(17-21)24-27-22(18-11-6-4-7-12-18)26-23(28-24)19-13-8-5-9-14-19;1-25(2,3)21-16-14-20(15-17-21)24-27-22(18-10-6-4-7-11-18)26-23(28-24)19-12-8-5-9-13-19;1-21(2,3)18-14-19(16-10-6-4-7-11-16)22-20(15-18)17-12-8-5-9-13-17;1-20(2,3)18-14-17(15-10-6-4-7-11-15)21-19(22-18)16-12-8-5-9-13-16/h4-18H,1-3H3;2*4-17H,1-3H3;4-15H,1-3H3;4-14H,1-3H3. The summed E-state index contributed by atoms with van der Waals surface area (Å²) in [6.45, 7) is 33.2. The monoisotopic (exact) mass is 1670 g/mol. The maximum Gasteiger partial charge on any atom is 0.164 e. The lowest BCUT2D eigenvalue weighted by Crippen LogP contribution is -2.15. The molecular weight excluding hydrogens is 1560 g/mol. The zero-order valence-electron chi connectivity index (χ0n) is 76.0. The van der Waals surface area contributed by atoms with Crippen LogP contribution in [-0.2, 0) is 27.1 Å². The van der Waals surface area contributed by atoms with Crippen LogP contribution in [0, 0.1) is 0 Å². The second kappa shape index (κ2) is 40.4. The summed E-state index contributed by atoms with van der Waals surface area (Å²) in [4.78, 5) is 52.9. The summed E-state index contributed by atoms with van der Waals surface area (Å²) in [7, 11) is 0. The molecule has 0 amide bonds. The highest BCUT2D eigenvalue weighted by Gasteiger charge is 2.24. The van der Waals surface area contributed by atoms with Gasteiger partial charge < -0.3 is 0 Å². The molecule has 0 aliphatic heterocycles. The number of benzene rings is 13. The van der Waals surface area contributed by atoms with Gasteiger partial charge in [0.15, 0.2) is 46.6 Å². The Balaban J connectivity index is 0.000000130. The number of aromatic nitrogens is 11. The normalized spacial score (nSPS) is 11.4. The number of pyridine rings is 1. The van der Waals surface area contributed by atoms with Crippen molar-refractivity contribution in [3.8, 4) is 147 Å². The number of rotatable bonds is 13. The van der Waals surface area contributed by atoms with Gasteiger partial charge in [-0.2, -0.15) is 0 Å². The van der Waals surface area contributed by atoms with Gasteiger partial charge in [0.1, 0.15) is 0 Å². The van der Waals surface area contributed by atoms with Crippen molar-refractivity contribution in [1.29, 1.82) is 0 Å². The average molecular weight is 1670 g/mol. The van der Waals surface area contributed by atoms with Crippen molar-refractivity contribution >= 4 is 0 Å². The van der Waals surface area contributed by atoms with Gasteiger partial charge in [0.25, 0.3) is 0 Å². The quantitative estimate of drug-likeness (QED) is 0.109. The van der Waals surface area contributed by atoms with Crippen LogP contribution in [0.15, 0.2) is 400 Å². The number of hydrogen-bond donors (Lipinski definition) is 0. The van der Waals surface area contributed by atoms with Crippen molar-refractivity contribution in [3.05, 3.63) is 428 Å². The SMILES string of the molecule is CC(C)(C)c1cc(-c2ccccc2)nc(-c2ccccc2)c1.CC(C)(C)c1cc(-c2ccccc2)nc(-c2ccccc2)n1.CC(C)(C)c1ccc(-c2nc(-c3ccccc3)nc(-c3ccccc3)n2)cc1.CC(C)(C)c1cccc(-c2nc(-c3ccccc3)cc(-c3ccccc3)n2)c1.CC(C)(C)c1cccc(-c2nc(-c3ccccc3)nc(-c3ccccc3)n2)c1. The Morgan fingerprint density at radius 2 is 0.328 bits per heavy atom. The van der Waals surface area contributed by atoms with Crippen LogP contribution in [0.25, 0.3) is 147 Å². The molecule has 634 valence electrons. The first-order valence-corrected chi connectivity index (χ1v) is 43.8. The second-order valence-electron chi connectivity index (χ2n) is 36.8. The van der Waals surface area contributed by atoms with Crippen molar-refractivity contribution in [2.24, 2.45) is 0 Å². The Bertz CT molecular complexity index is 6010. The predicted octanol–water partition coefficient (Wildman–Crippen LogP) is 29.9. The third kappa shape index (κ3) is 24.0. The first kappa shape index (κ1) is 89.5. The Kier molecular flexibility index (Phi) is 28.3. The van der Waals surface area contributed by atoms with Crippen LogP contribution < -0.4 is 0 Å². The summed E-state index contributed by atoms with van der Waals surface area (Å²) in [5, 5.41) is 0. The van der Waals surface area contributed by atoms with E-state index in [0.717, 1.165) is 118 Å². The van der Waals surface area contributed by atoms with Crippen molar-refractivity contribution in [3.63, 3.8) is 0 Å². The number of nitrogens with zero attached hydrogens (tertiary/aromatic N) is 11. The first-order chi connectivity index (χ1) is 61.6. The topological polar surface area (TPSA) is 142 Å². The molecule has 0 radical (unpaired) electrons. The largest absolute Gasteiger partial charge is 0.248 e. The van der Waals surface area contributed by atoms with Crippen LogP contribution in [0.1, 0.15) is 132 Å². The fraction of sp³-hybridized carbons (Fsp3) is 0.171. The van der Waals surface area contributed by atoms with E-state index in [4.69, 9.17) is 54.8 Å². The summed E-state index contributed by atoms with van der Waals surface area (Å²) in [6, 6.07) is 136. The van der Waals surface area contributed by atoms with Gasteiger partial charge in [-0.1, -0.05) is 468 Å². The van der Waals surface area contributed by atoms with E-state index in [-0.39, 0.29) is 27.1 Å². The van der Waals surface area contributed by atoms with Gasteiger partial charge in [-0.25, -0.2) is 54.8 Å². The molecule has 11 heteroatoms. The molecule has 0 unspecified atom stereocenters. The van der Waals surface area contributed by atoms with Crippen LogP contribution in [-0.4, -0.2) is 54.8 Å². The smallest absolute Gasteiger partial charge is 0.164 e. The van der Waals surface area contributed by atoms with Crippen LogP contribution in [0.5, 0.6) is 0 Å². The van der Waals surface area contributed by atoms with E-state index in [0.29, 0.717) is 34.9 Å². The molecule has 0 N–H and O–H groups in total. The lowest BCUT2D eigenvalue weighted by atomic mass is 9.85. The predicted molar refractivity (Wildman–Crippen MR) is 532 cm³/mol. The summed E-state index contributed by atoms with van der Waals surface area (Å²) < 4.78 is 0. The fourth-order valence-electron chi connectivity index (χ4n) is 14.1. The van der Waals surface area contributed by atoms with Crippen LogP contribution in [0.3, 0.4) is 0 Å². The van der Waals surface area contributed by atoms with E-state index < -0.39 is 0 Å². The molecule has 5 aromatic heterocycles. The fourth-order valence-corrected chi connectivity index (χ4v) is 14.1. The minimum Gasteiger partial charge on any atom is -0.248 e. The summed E-state index contributed by atoms with van der Waals surface area (Å²) >= 11 is 0. The Hall–Kier alpha value is -14.8. The summed E-state index contributed by atoms with van der Waals surface area (Å²) in [5.41, 5.74) is 25.1. The van der Waals surface area contributed by atoms with Gasteiger partial charge in [-0.05, 0) is 80.3 Å². The molecule has 5 heterocycles. The summed E-state index contributed by atoms with van der Waals surface area (Å²) in [6.07, 6.45) is 0. The van der Waals surface area contributed by atoms with E-state index in [2.05, 4.69) is 298 Å². The van der Waals surface area contributed by atoms with Gasteiger partial charge in [-0.3, -0.25) is 0 Å². The lowest BCUT2D eigenvalue weighted by molar-refractivity contribution is 0.568. The van der Waals surface area contributed by atoms with Gasteiger partial charge in [0.05, 0.1) is 34.2 Å². The van der Waals surface area contributed by atoms with Gasteiger partial charge in [-0.15, -0.1) is 0 Å². The van der Waals surface area contributed by atoms with E-state index in [1.54, 1.807) is 0 Å². The van der Waals surface area contributed by atoms with Crippen molar-refractivity contribution in [1.82, 2.24) is 54.8 Å². The molecule has 13 aromatic carbocycles. The second-order valence-corrected chi connectivity index (χ2v) is 36.8. The van der Waals surface area contributed by atoms with Gasteiger partial charge in [0.2, 0.25) is 0 Å². The molecule has 0 saturated carbocycles. The number of hydrogen-bond acceptors (Lipinski definition) is 11. The van der Waals surface area contributed by atoms with Crippen LogP contribution >= 0.6 is 0 Å². The Morgan fingerprint density at radius 1 is 0.125 bits per heavy atom. The maximum absolute atomic E-state index is 4.91. The highest BCUT2D eigenvalue weighted by atomic mass is 15.0. The van der Waals surface area contributed by atoms with Crippen LogP contribution in [0.4, 0.5) is 0 Å². The molecule has 0 fully saturated rings. The van der Waals surface area contributed by atoms with E-state index in [1.165, 1.54) is 22.3 Å². The molecule has 0 aliphatic carbocycles. The highest BCUT2D eigenvalue weighted by molar-refractivity contribution is 5.75. The van der Waals surface area contributed by atoms with Crippen LogP contribution in [0.2, 0.25) is 0 Å². The molecule has 18 rings (SSSR count). The molecule has 0 bridgehead atoms.